The summed E-state index contributed by atoms with van der Waals surface area (Å²) < 4.78 is 1.37. The number of rotatable bonds is 7. The van der Waals surface area contributed by atoms with E-state index in [-0.39, 0.29) is 5.56 Å². The number of hydrogen-bond acceptors (Lipinski definition) is 7. The van der Waals surface area contributed by atoms with E-state index in [9.17, 15) is 4.79 Å². The van der Waals surface area contributed by atoms with Crippen molar-refractivity contribution in [2.75, 3.05) is 11.9 Å². The maximum Gasteiger partial charge on any atom is 0.275 e. The van der Waals surface area contributed by atoms with Crippen LogP contribution in [0.1, 0.15) is 35.8 Å². The first-order valence-corrected chi connectivity index (χ1v) is 9.40. The van der Waals surface area contributed by atoms with Crippen LogP contribution in [0.5, 0.6) is 0 Å². The van der Waals surface area contributed by atoms with E-state index in [0.29, 0.717) is 4.96 Å². The molecule has 23 heavy (non-hydrogen) atoms. The molecule has 8 heteroatoms. The summed E-state index contributed by atoms with van der Waals surface area (Å²) in [5, 5.41) is 9.40. The average molecular weight is 349 g/mol. The topological polar surface area (TPSA) is 72.2 Å². The van der Waals surface area contributed by atoms with Crippen molar-refractivity contribution in [1.29, 1.82) is 0 Å². The summed E-state index contributed by atoms with van der Waals surface area (Å²) in [7, 11) is 0. The molecule has 0 saturated carbocycles. The quantitative estimate of drug-likeness (QED) is 0.710. The van der Waals surface area contributed by atoms with Gasteiger partial charge in [-0.05, 0) is 12.8 Å². The third-order valence-electron chi connectivity index (χ3n) is 3.37. The number of aryl methyl sites for hydroxylation is 2. The summed E-state index contributed by atoms with van der Waals surface area (Å²) in [4.78, 5) is 22.9. The van der Waals surface area contributed by atoms with Crippen molar-refractivity contribution in [3.8, 4) is 0 Å². The van der Waals surface area contributed by atoms with Gasteiger partial charge in [-0.1, -0.05) is 31.6 Å². The summed E-state index contributed by atoms with van der Waals surface area (Å²) >= 11 is 3.16. The van der Waals surface area contributed by atoms with Crippen LogP contribution in [0.3, 0.4) is 0 Å². The molecule has 0 bridgehead atoms. The maximum absolute atomic E-state index is 12.0. The smallest absolute Gasteiger partial charge is 0.275 e. The summed E-state index contributed by atoms with van der Waals surface area (Å²) in [6, 6.07) is 1.57. The van der Waals surface area contributed by atoms with Crippen molar-refractivity contribution in [3.63, 3.8) is 0 Å². The van der Waals surface area contributed by atoms with Gasteiger partial charge in [0, 0.05) is 35.8 Å². The second kappa shape index (κ2) is 7.18. The minimum atomic E-state index is -0.115. The van der Waals surface area contributed by atoms with E-state index in [1.165, 1.54) is 20.7 Å². The van der Waals surface area contributed by atoms with Gasteiger partial charge in [0.15, 0.2) is 0 Å². The first-order valence-electron chi connectivity index (χ1n) is 7.76. The average Bonchev–Trinajstić information content (AvgIpc) is 3.14. The zero-order valence-electron chi connectivity index (χ0n) is 13.2. The summed E-state index contributed by atoms with van der Waals surface area (Å²) in [5.74, 6) is 0. The number of thiazole rings is 1. The highest BCUT2D eigenvalue weighted by atomic mass is 32.1. The molecule has 0 radical (unpaired) electrons. The third-order valence-corrected chi connectivity index (χ3v) is 5.44. The first kappa shape index (κ1) is 16.1. The molecular weight excluding hydrogens is 330 g/mol. The Labute approximate surface area is 142 Å². The van der Waals surface area contributed by atoms with Crippen molar-refractivity contribution in [1.82, 2.24) is 19.6 Å². The minimum absolute atomic E-state index is 0.115. The normalized spacial score (nSPS) is 11.2. The van der Waals surface area contributed by atoms with Crippen LogP contribution in [0.2, 0.25) is 0 Å². The van der Waals surface area contributed by atoms with Gasteiger partial charge in [-0.25, -0.2) is 9.97 Å². The van der Waals surface area contributed by atoms with E-state index in [1.807, 2.05) is 6.20 Å². The highest BCUT2D eigenvalue weighted by Crippen LogP contribution is 2.18. The molecule has 3 aromatic rings. The monoisotopic (exact) mass is 349 g/mol. The molecule has 0 aromatic carbocycles. The van der Waals surface area contributed by atoms with Crippen LogP contribution in [0.4, 0.5) is 5.13 Å². The standard InChI is InChI=1S/C15H19N5OS2/c1-3-5-10-8-13(21)20-15(18-10)23-14(19-20)16-7-6-12-17-9-11(4-2)22-12/h8-9H,3-7H2,1-2H3,(H,16,19). The molecule has 1 N–H and O–H groups in total. The molecule has 0 atom stereocenters. The SMILES string of the molecule is CCCc1cc(=O)n2nc(NCCc3ncc(CC)s3)sc2n1. The predicted octanol–water partition coefficient (Wildman–Crippen LogP) is 2.78. The zero-order chi connectivity index (χ0) is 16.2. The van der Waals surface area contributed by atoms with E-state index in [0.717, 1.165) is 48.1 Å². The molecule has 0 aliphatic carbocycles. The van der Waals surface area contributed by atoms with E-state index in [1.54, 1.807) is 17.4 Å². The Morgan fingerprint density at radius 1 is 1.26 bits per heavy atom. The van der Waals surface area contributed by atoms with E-state index < -0.39 is 0 Å². The number of hydrogen-bond donors (Lipinski definition) is 1. The van der Waals surface area contributed by atoms with Gasteiger partial charge in [0.1, 0.15) is 0 Å². The maximum atomic E-state index is 12.0. The van der Waals surface area contributed by atoms with Gasteiger partial charge in [-0.3, -0.25) is 4.79 Å². The largest absolute Gasteiger partial charge is 0.360 e. The Morgan fingerprint density at radius 3 is 2.87 bits per heavy atom. The summed E-state index contributed by atoms with van der Waals surface area (Å²) in [6.07, 6.45) is 5.61. The Balaban J connectivity index is 1.68. The number of anilines is 1. The van der Waals surface area contributed by atoms with Crippen molar-refractivity contribution < 1.29 is 0 Å². The molecule has 0 amide bonds. The van der Waals surface area contributed by atoms with Crippen molar-refractivity contribution in [2.24, 2.45) is 0 Å². The van der Waals surface area contributed by atoms with Gasteiger partial charge in [-0.2, -0.15) is 4.52 Å². The fourth-order valence-corrected chi connectivity index (χ4v) is 3.93. The molecule has 0 unspecified atom stereocenters. The van der Waals surface area contributed by atoms with E-state index in [2.05, 4.69) is 34.2 Å². The van der Waals surface area contributed by atoms with Crippen LogP contribution >= 0.6 is 22.7 Å². The van der Waals surface area contributed by atoms with Crippen molar-refractivity contribution >= 4 is 32.8 Å². The van der Waals surface area contributed by atoms with Gasteiger partial charge in [0.25, 0.3) is 5.56 Å². The van der Waals surface area contributed by atoms with E-state index >= 15 is 0 Å². The minimum Gasteiger partial charge on any atom is -0.360 e. The second-order valence-electron chi connectivity index (χ2n) is 5.19. The highest BCUT2D eigenvalue weighted by molar-refractivity contribution is 7.20. The lowest BCUT2D eigenvalue weighted by Crippen LogP contribution is -2.15. The molecule has 0 aliphatic heterocycles. The first-order chi connectivity index (χ1) is 11.2. The number of nitrogens with one attached hydrogen (secondary N) is 1. The summed E-state index contributed by atoms with van der Waals surface area (Å²) in [5.41, 5.74) is 0.720. The molecule has 0 saturated heterocycles. The molecule has 6 nitrogen and oxygen atoms in total. The Hall–Kier alpha value is -1.80. The molecule has 0 fully saturated rings. The number of nitrogens with zero attached hydrogens (tertiary/aromatic N) is 4. The summed E-state index contributed by atoms with van der Waals surface area (Å²) in [6.45, 7) is 4.95. The number of aromatic nitrogens is 4. The van der Waals surface area contributed by atoms with Crippen LogP contribution in [-0.2, 0) is 19.3 Å². The van der Waals surface area contributed by atoms with E-state index in [4.69, 9.17) is 0 Å². The van der Waals surface area contributed by atoms with Gasteiger partial charge in [0.2, 0.25) is 10.1 Å². The Bertz CT molecular complexity index is 851. The van der Waals surface area contributed by atoms with Crippen LogP contribution < -0.4 is 10.9 Å². The molecule has 3 heterocycles. The fraction of sp³-hybridized carbons (Fsp3) is 0.467. The van der Waals surface area contributed by atoms with Gasteiger partial charge in [0.05, 0.1) is 5.01 Å². The van der Waals surface area contributed by atoms with Crippen LogP contribution in [0, 0.1) is 0 Å². The molecule has 3 aromatic heterocycles. The van der Waals surface area contributed by atoms with Crippen molar-refractivity contribution in [3.05, 3.63) is 38.2 Å². The fourth-order valence-electron chi connectivity index (χ4n) is 2.22. The molecule has 0 spiro atoms. The Kier molecular flexibility index (Phi) is 5.02. The molecule has 122 valence electrons. The number of fused-ring (bicyclic) bond motifs is 1. The molecule has 3 rings (SSSR count). The predicted molar refractivity (Wildman–Crippen MR) is 94.8 cm³/mol. The van der Waals surface area contributed by atoms with Gasteiger partial charge in [-0.15, -0.1) is 16.4 Å². The van der Waals surface area contributed by atoms with Crippen LogP contribution in [0.15, 0.2) is 17.1 Å². The van der Waals surface area contributed by atoms with Crippen molar-refractivity contribution in [2.45, 2.75) is 39.5 Å². The lowest BCUT2D eigenvalue weighted by atomic mass is 10.2. The second-order valence-corrected chi connectivity index (χ2v) is 7.34. The lowest BCUT2D eigenvalue weighted by Gasteiger charge is -1.98. The van der Waals surface area contributed by atoms with Gasteiger partial charge >= 0.3 is 0 Å². The molecule has 0 aliphatic rings. The zero-order valence-corrected chi connectivity index (χ0v) is 14.8. The molecular formula is C15H19N5OS2. The van der Waals surface area contributed by atoms with Crippen LogP contribution in [0.25, 0.3) is 4.96 Å². The third kappa shape index (κ3) is 3.76. The highest BCUT2D eigenvalue weighted by Gasteiger charge is 2.09. The lowest BCUT2D eigenvalue weighted by molar-refractivity contribution is 0.839. The Morgan fingerprint density at radius 2 is 2.13 bits per heavy atom. The van der Waals surface area contributed by atoms with Gasteiger partial charge < -0.3 is 5.32 Å². The van der Waals surface area contributed by atoms with Crippen LogP contribution in [-0.4, -0.2) is 26.1 Å².